The van der Waals surface area contributed by atoms with Crippen molar-refractivity contribution in [2.75, 3.05) is 14.2 Å². The third-order valence-corrected chi connectivity index (χ3v) is 5.23. The Labute approximate surface area is 183 Å². The predicted octanol–water partition coefficient (Wildman–Crippen LogP) is 3.62. The summed E-state index contributed by atoms with van der Waals surface area (Å²) in [5.74, 6) is 0.464. The maximum atomic E-state index is 13.4. The molecule has 31 heavy (non-hydrogen) atoms. The first-order chi connectivity index (χ1) is 15.1. The fraction of sp³-hybridized carbons (Fsp3) is 0.231. The summed E-state index contributed by atoms with van der Waals surface area (Å²) < 4.78 is 5.20. The first-order valence-electron chi connectivity index (χ1n) is 10.3. The number of ether oxygens (including phenoxy) is 1. The molecule has 5 heteroatoms. The number of hydrogen-bond donors (Lipinski definition) is 1. The van der Waals surface area contributed by atoms with Gasteiger partial charge < -0.3 is 15.0 Å². The quantitative estimate of drug-likeness (QED) is 0.580. The molecule has 0 radical (unpaired) electrons. The van der Waals surface area contributed by atoms with Crippen LogP contribution >= 0.6 is 0 Å². The average molecular weight is 417 g/mol. The van der Waals surface area contributed by atoms with Crippen molar-refractivity contribution in [3.63, 3.8) is 0 Å². The van der Waals surface area contributed by atoms with Gasteiger partial charge in [-0.15, -0.1) is 0 Å². The zero-order valence-electron chi connectivity index (χ0n) is 18.0. The first kappa shape index (κ1) is 22.1. The number of nitrogens with zero attached hydrogens (tertiary/aromatic N) is 1. The average Bonchev–Trinajstić information content (AvgIpc) is 2.82. The van der Waals surface area contributed by atoms with Gasteiger partial charge in [-0.25, -0.2) is 0 Å². The molecule has 1 unspecified atom stereocenters. The molecule has 0 heterocycles. The summed E-state index contributed by atoms with van der Waals surface area (Å²) in [6.45, 7) is 0.362. The number of carbonyl (C=O) groups is 2. The second-order valence-corrected chi connectivity index (χ2v) is 7.35. The van der Waals surface area contributed by atoms with E-state index < -0.39 is 6.04 Å². The van der Waals surface area contributed by atoms with Gasteiger partial charge in [-0.3, -0.25) is 9.59 Å². The summed E-state index contributed by atoms with van der Waals surface area (Å²) in [6.07, 6.45) is 0.654. The molecule has 0 aliphatic heterocycles. The number of rotatable bonds is 9. The van der Waals surface area contributed by atoms with Crippen LogP contribution in [0.1, 0.15) is 16.7 Å². The minimum absolute atomic E-state index is 0.0986. The van der Waals surface area contributed by atoms with Gasteiger partial charge >= 0.3 is 0 Å². The van der Waals surface area contributed by atoms with Crippen molar-refractivity contribution in [3.8, 4) is 5.75 Å². The zero-order valence-corrected chi connectivity index (χ0v) is 18.0. The van der Waals surface area contributed by atoms with Crippen LogP contribution in [0.2, 0.25) is 0 Å². The number of benzene rings is 3. The Balaban J connectivity index is 1.89. The minimum Gasteiger partial charge on any atom is -0.497 e. The lowest BCUT2D eigenvalue weighted by atomic mass is 10.0. The second-order valence-electron chi connectivity index (χ2n) is 7.35. The Morgan fingerprint density at radius 3 is 1.97 bits per heavy atom. The summed E-state index contributed by atoms with van der Waals surface area (Å²) >= 11 is 0. The molecule has 0 saturated heterocycles. The number of nitrogens with one attached hydrogen (secondary N) is 1. The zero-order chi connectivity index (χ0) is 22.1. The maximum Gasteiger partial charge on any atom is 0.242 e. The summed E-state index contributed by atoms with van der Waals surface area (Å²) in [5, 5.41) is 2.74. The molecule has 1 N–H and O–H groups in total. The molecular formula is C26H28N2O3. The summed E-state index contributed by atoms with van der Waals surface area (Å²) in [5.41, 5.74) is 2.86. The maximum absolute atomic E-state index is 13.4. The van der Waals surface area contributed by atoms with E-state index in [9.17, 15) is 9.59 Å². The Kier molecular flexibility index (Phi) is 7.82. The predicted molar refractivity (Wildman–Crippen MR) is 122 cm³/mol. The topological polar surface area (TPSA) is 58.6 Å². The van der Waals surface area contributed by atoms with E-state index in [-0.39, 0.29) is 18.2 Å². The highest BCUT2D eigenvalue weighted by atomic mass is 16.5. The van der Waals surface area contributed by atoms with Gasteiger partial charge in [-0.2, -0.15) is 0 Å². The van der Waals surface area contributed by atoms with Crippen LogP contribution in [0.5, 0.6) is 5.75 Å². The SMILES string of the molecule is CNC(=O)C(Cc1ccccc1)N(Cc1ccccc1)C(=O)Cc1ccc(OC)cc1. The number of amides is 2. The van der Waals surface area contributed by atoms with E-state index in [0.717, 1.165) is 22.4 Å². The van der Waals surface area contributed by atoms with Gasteiger partial charge in [0.2, 0.25) is 11.8 Å². The molecule has 160 valence electrons. The molecule has 0 bridgehead atoms. The monoisotopic (exact) mass is 416 g/mol. The van der Waals surface area contributed by atoms with E-state index in [1.807, 2.05) is 84.9 Å². The molecule has 0 aromatic heterocycles. The number of likely N-dealkylation sites (N-methyl/N-ethyl adjacent to an activating group) is 1. The molecule has 0 aliphatic rings. The number of carbonyl (C=O) groups excluding carboxylic acids is 2. The van der Waals surface area contributed by atoms with Gasteiger partial charge in [0.1, 0.15) is 11.8 Å². The van der Waals surface area contributed by atoms with E-state index >= 15 is 0 Å². The van der Waals surface area contributed by atoms with Gasteiger partial charge in [0, 0.05) is 20.0 Å². The van der Waals surface area contributed by atoms with Gasteiger partial charge in [0.05, 0.1) is 13.5 Å². The van der Waals surface area contributed by atoms with Crippen molar-refractivity contribution in [2.45, 2.75) is 25.4 Å². The molecular weight excluding hydrogens is 388 g/mol. The van der Waals surface area contributed by atoms with Crippen LogP contribution in [0.25, 0.3) is 0 Å². The van der Waals surface area contributed by atoms with Gasteiger partial charge in [0.25, 0.3) is 0 Å². The van der Waals surface area contributed by atoms with Crippen LogP contribution in [0.3, 0.4) is 0 Å². The fourth-order valence-corrected chi connectivity index (χ4v) is 3.52. The lowest BCUT2D eigenvalue weighted by Gasteiger charge is -2.31. The molecule has 2 amide bonds. The highest BCUT2D eigenvalue weighted by molar-refractivity contribution is 5.88. The highest BCUT2D eigenvalue weighted by Crippen LogP contribution is 2.18. The largest absolute Gasteiger partial charge is 0.497 e. The fourth-order valence-electron chi connectivity index (χ4n) is 3.52. The molecule has 0 fully saturated rings. The van der Waals surface area contributed by atoms with Crippen LogP contribution in [-0.4, -0.2) is 36.9 Å². The van der Waals surface area contributed by atoms with E-state index in [0.29, 0.717) is 13.0 Å². The van der Waals surface area contributed by atoms with Gasteiger partial charge in [-0.1, -0.05) is 72.8 Å². The third-order valence-electron chi connectivity index (χ3n) is 5.23. The van der Waals surface area contributed by atoms with Crippen LogP contribution in [0.4, 0.5) is 0 Å². The van der Waals surface area contributed by atoms with E-state index in [1.165, 1.54) is 0 Å². The Morgan fingerprint density at radius 1 is 0.839 bits per heavy atom. The van der Waals surface area contributed by atoms with Crippen LogP contribution in [0.15, 0.2) is 84.9 Å². The van der Waals surface area contributed by atoms with Crippen molar-refractivity contribution < 1.29 is 14.3 Å². The molecule has 0 aliphatic carbocycles. The lowest BCUT2D eigenvalue weighted by Crippen LogP contribution is -2.50. The van der Waals surface area contributed by atoms with Gasteiger partial charge in [-0.05, 0) is 28.8 Å². The Morgan fingerprint density at radius 2 is 1.42 bits per heavy atom. The smallest absolute Gasteiger partial charge is 0.242 e. The van der Waals surface area contributed by atoms with Crippen molar-refractivity contribution in [3.05, 3.63) is 102 Å². The summed E-state index contributed by atoms with van der Waals surface area (Å²) in [6, 6.07) is 26.3. The second kappa shape index (κ2) is 11.0. The molecule has 1 atom stereocenters. The summed E-state index contributed by atoms with van der Waals surface area (Å²) in [7, 11) is 3.22. The van der Waals surface area contributed by atoms with Crippen molar-refractivity contribution in [1.82, 2.24) is 10.2 Å². The molecule has 5 nitrogen and oxygen atoms in total. The van der Waals surface area contributed by atoms with E-state index in [1.54, 1.807) is 19.1 Å². The van der Waals surface area contributed by atoms with Crippen molar-refractivity contribution in [1.29, 1.82) is 0 Å². The molecule has 3 rings (SSSR count). The summed E-state index contributed by atoms with van der Waals surface area (Å²) in [4.78, 5) is 28.0. The van der Waals surface area contributed by atoms with Crippen LogP contribution in [-0.2, 0) is 29.0 Å². The van der Waals surface area contributed by atoms with E-state index in [2.05, 4.69) is 5.32 Å². The third kappa shape index (κ3) is 6.19. The van der Waals surface area contributed by atoms with E-state index in [4.69, 9.17) is 4.74 Å². The first-order valence-corrected chi connectivity index (χ1v) is 10.3. The normalized spacial score (nSPS) is 11.4. The van der Waals surface area contributed by atoms with Crippen molar-refractivity contribution in [2.24, 2.45) is 0 Å². The molecule has 3 aromatic rings. The minimum atomic E-state index is -0.613. The Bertz CT molecular complexity index is 973. The Hall–Kier alpha value is -3.60. The lowest BCUT2D eigenvalue weighted by molar-refractivity contribution is -0.140. The molecule has 3 aromatic carbocycles. The number of methoxy groups -OCH3 is 1. The van der Waals surface area contributed by atoms with Gasteiger partial charge in [0.15, 0.2) is 0 Å². The molecule has 0 spiro atoms. The van der Waals surface area contributed by atoms with Crippen LogP contribution < -0.4 is 10.1 Å². The standard InChI is InChI=1S/C26H28N2O3/c1-27-26(30)24(17-20-9-5-3-6-10-20)28(19-22-11-7-4-8-12-22)25(29)18-21-13-15-23(31-2)16-14-21/h3-16,24H,17-19H2,1-2H3,(H,27,30). The van der Waals surface area contributed by atoms with Crippen LogP contribution in [0, 0.1) is 0 Å². The van der Waals surface area contributed by atoms with Crippen molar-refractivity contribution >= 4 is 11.8 Å². The highest BCUT2D eigenvalue weighted by Gasteiger charge is 2.29. The number of hydrogen-bond acceptors (Lipinski definition) is 3. The molecule has 0 saturated carbocycles.